The van der Waals surface area contributed by atoms with Gasteiger partial charge in [-0.15, -0.1) is 11.3 Å². The first kappa shape index (κ1) is 8.56. The number of nitrogens with one attached hydrogen (secondary N) is 1. The van der Waals surface area contributed by atoms with Crippen LogP contribution in [0.3, 0.4) is 0 Å². The largest absolute Gasteiger partial charge is 0.465 e. The Morgan fingerprint density at radius 1 is 1.75 bits per heavy atom. The number of thiophene rings is 1. The molecule has 1 amide bonds. The van der Waals surface area contributed by atoms with Gasteiger partial charge in [-0.05, 0) is 12.1 Å². The van der Waals surface area contributed by atoms with E-state index in [1.54, 1.807) is 12.1 Å². The van der Waals surface area contributed by atoms with Gasteiger partial charge in [0.2, 0.25) is 0 Å². The molecule has 5 heteroatoms. The number of amides is 1. The Bertz CT molecular complexity index is 326. The molecular formula is C7H6N2O2S. The molecule has 2 N–H and O–H groups in total. The molecule has 0 unspecified atom stereocenters. The van der Waals surface area contributed by atoms with E-state index < -0.39 is 6.09 Å². The number of nitrogens with zero attached hydrogens (tertiary/aromatic N) is 1. The van der Waals surface area contributed by atoms with Crippen LogP contribution in [0.5, 0.6) is 0 Å². The fourth-order valence-electron chi connectivity index (χ4n) is 0.696. The van der Waals surface area contributed by atoms with Crippen molar-refractivity contribution in [3.63, 3.8) is 0 Å². The molecule has 0 aliphatic rings. The van der Waals surface area contributed by atoms with Gasteiger partial charge in [0.25, 0.3) is 0 Å². The second-order valence-corrected chi connectivity index (χ2v) is 3.20. The lowest BCUT2D eigenvalue weighted by molar-refractivity contribution is 0.194. The molecule has 0 aliphatic carbocycles. The fourth-order valence-corrected chi connectivity index (χ4v) is 1.44. The zero-order valence-corrected chi connectivity index (χ0v) is 6.89. The van der Waals surface area contributed by atoms with Gasteiger partial charge in [-0.25, -0.2) is 4.79 Å². The molecule has 4 nitrogen and oxygen atoms in total. The maximum absolute atomic E-state index is 10.1. The van der Waals surface area contributed by atoms with Crippen molar-refractivity contribution in [2.75, 3.05) is 0 Å². The number of hydrogen-bond acceptors (Lipinski definition) is 3. The molecule has 1 aromatic heterocycles. The number of carbonyl (C=O) groups is 1. The molecule has 0 aromatic carbocycles. The molecule has 0 spiro atoms. The van der Waals surface area contributed by atoms with Crippen LogP contribution in [-0.2, 0) is 6.54 Å². The predicted octanol–water partition coefficient (Wildman–Crippen LogP) is 1.39. The van der Waals surface area contributed by atoms with Gasteiger partial charge in [-0.2, -0.15) is 5.26 Å². The van der Waals surface area contributed by atoms with E-state index in [-0.39, 0.29) is 6.54 Å². The second-order valence-electron chi connectivity index (χ2n) is 2.04. The molecule has 0 saturated heterocycles. The smallest absolute Gasteiger partial charge is 0.404 e. The highest BCUT2D eigenvalue weighted by Crippen LogP contribution is 2.14. The third-order valence-corrected chi connectivity index (χ3v) is 2.18. The summed E-state index contributed by atoms with van der Waals surface area (Å²) in [4.78, 5) is 11.5. The van der Waals surface area contributed by atoms with E-state index in [2.05, 4.69) is 5.32 Å². The van der Waals surface area contributed by atoms with Crippen LogP contribution in [0.25, 0.3) is 0 Å². The molecule has 0 aliphatic heterocycles. The summed E-state index contributed by atoms with van der Waals surface area (Å²) in [6.07, 6.45) is -1.05. The quantitative estimate of drug-likeness (QED) is 0.725. The van der Waals surface area contributed by atoms with Crippen molar-refractivity contribution < 1.29 is 9.90 Å². The van der Waals surface area contributed by atoms with Crippen molar-refractivity contribution in [3.8, 4) is 6.07 Å². The fraction of sp³-hybridized carbons (Fsp3) is 0.143. The average Bonchev–Trinajstić information content (AvgIpc) is 2.48. The summed E-state index contributed by atoms with van der Waals surface area (Å²) in [6, 6.07) is 5.38. The lowest BCUT2D eigenvalue weighted by Gasteiger charge is -1.94. The van der Waals surface area contributed by atoms with Crippen LogP contribution in [0, 0.1) is 11.3 Å². The Morgan fingerprint density at radius 3 is 3.00 bits per heavy atom. The van der Waals surface area contributed by atoms with Gasteiger partial charge in [0.15, 0.2) is 0 Å². The van der Waals surface area contributed by atoms with E-state index in [1.165, 1.54) is 11.3 Å². The van der Waals surface area contributed by atoms with Gasteiger partial charge in [0.1, 0.15) is 10.9 Å². The van der Waals surface area contributed by atoms with Crippen LogP contribution in [0.1, 0.15) is 9.75 Å². The van der Waals surface area contributed by atoms with Gasteiger partial charge < -0.3 is 10.4 Å². The van der Waals surface area contributed by atoms with Crippen molar-refractivity contribution in [2.45, 2.75) is 6.54 Å². The summed E-state index contributed by atoms with van der Waals surface area (Å²) in [7, 11) is 0. The lowest BCUT2D eigenvalue weighted by Crippen LogP contribution is -2.19. The number of nitriles is 1. The molecule has 62 valence electrons. The number of carboxylic acid groups (broad SMARTS) is 1. The van der Waals surface area contributed by atoms with Gasteiger partial charge >= 0.3 is 6.09 Å². The Kier molecular flexibility index (Phi) is 2.66. The zero-order chi connectivity index (χ0) is 8.97. The van der Waals surface area contributed by atoms with E-state index in [9.17, 15) is 4.79 Å². The summed E-state index contributed by atoms with van der Waals surface area (Å²) in [5.74, 6) is 0. The predicted molar refractivity (Wildman–Crippen MR) is 43.9 cm³/mol. The van der Waals surface area contributed by atoms with E-state index in [0.717, 1.165) is 4.88 Å². The molecule has 0 bridgehead atoms. The van der Waals surface area contributed by atoms with Crippen LogP contribution in [0.15, 0.2) is 12.1 Å². The van der Waals surface area contributed by atoms with Crippen molar-refractivity contribution >= 4 is 17.4 Å². The highest BCUT2D eigenvalue weighted by molar-refractivity contribution is 7.12. The molecular weight excluding hydrogens is 176 g/mol. The Balaban J connectivity index is 2.54. The normalized spacial score (nSPS) is 8.92. The Labute approximate surface area is 73.1 Å². The molecule has 1 heterocycles. The molecule has 0 saturated carbocycles. The summed E-state index contributed by atoms with van der Waals surface area (Å²) in [5, 5.41) is 18.9. The van der Waals surface area contributed by atoms with Crippen LogP contribution in [0.4, 0.5) is 4.79 Å². The number of hydrogen-bond donors (Lipinski definition) is 2. The van der Waals surface area contributed by atoms with Crippen molar-refractivity contribution in [1.29, 1.82) is 5.26 Å². The molecule has 1 rings (SSSR count). The van der Waals surface area contributed by atoms with Crippen LogP contribution >= 0.6 is 11.3 Å². The highest BCUT2D eigenvalue weighted by Gasteiger charge is 2.00. The Morgan fingerprint density at radius 2 is 2.50 bits per heavy atom. The van der Waals surface area contributed by atoms with Gasteiger partial charge in [-0.3, -0.25) is 0 Å². The summed E-state index contributed by atoms with van der Waals surface area (Å²) < 4.78 is 0. The minimum atomic E-state index is -1.05. The maximum Gasteiger partial charge on any atom is 0.404 e. The molecule has 0 fully saturated rings. The van der Waals surface area contributed by atoms with Crippen LogP contribution in [0.2, 0.25) is 0 Å². The zero-order valence-electron chi connectivity index (χ0n) is 6.07. The van der Waals surface area contributed by atoms with Gasteiger partial charge in [0, 0.05) is 4.88 Å². The van der Waals surface area contributed by atoms with E-state index in [4.69, 9.17) is 10.4 Å². The number of rotatable bonds is 2. The molecule has 0 radical (unpaired) electrons. The Hall–Kier alpha value is -1.54. The summed E-state index contributed by atoms with van der Waals surface area (Å²) >= 11 is 1.29. The third-order valence-electron chi connectivity index (χ3n) is 1.19. The van der Waals surface area contributed by atoms with E-state index >= 15 is 0 Å². The average molecular weight is 182 g/mol. The van der Waals surface area contributed by atoms with Crippen LogP contribution < -0.4 is 5.32 Å². The highest BCUT2D eigenvalue weighted by atomic mass is 32.1. The summed E-state index contributed by atoms with van der Waals surface area (Å²) in [5.41, 5.74) is 0. The van der Waals surface area contributed by atoms with E-state index in [1.807, 2.05) is 6.07 Å². The molecule has 0 atom stereocenters. The van der Waals surface area contributed by atoms with Crippen molar-refractivity contribution in [2.24, 2.45) is 0 Å². The van der Waals surface area contributed by atoms with E-state index in [0.29, 0.717) is 4.88 Å². The maximum atomic E-state index is 10.1. The minimum absolute atomic E-state index is 0.266. The first-order chi connectivity index (χ1) is 5.72. The van der Waals surface area contributed by atoms with Crippen molar-refractivity contribution in [1.82, 2.24) is 5.32 Å². The van der Waals surface area contributed by atoms with Crippen molar-refractivity contribution in [3.05, 3.63) is 21.9 Å². The van der Waals surface area contributed by atoms with Gasteiger partial charge in [-0.1, -0.05) is 0 Å². The standard InChI is InChI=1S/C7H6N2O2S/c8-3-5-1-2-6(12-5)4-9-7(10)11/h1-2,9H,4H2,(H,10,11). The van der Waals surface area contributed by atoms with Crippen LogP contribution in [-0.4, -0.2) is 11.2 Å². The topological polar surface area (TPSA) is 73.1 Å². The molecule has 12 heavy (non-hydrogen) atoms. The third kappa shape index (κ3) is 2.25. The monoisotopic (exact) mass is 182 g/mol. The SMILES string of the molecule is N#Cc1ccc(CNC(=O)O)s1. The summed E-state index contributed by atoms with van der Waals surface area (Å²) in [6.45, 7) is 0.266. The minimum Gasteiger partial charge on any atom is -0.465 e. The van der Waals surface area contributed by atoms with Gasteiger partial charge in [0.05, 0.1) is 6.54 Å². The lowest BCUT2D eigenvalue weighted by atomic mass is 10.4. The first-order valence-electron chi connectivity index (χ1n) is 3.18. The second kappa shape index (κ2) is 3.74. The first-order valence-corrected chi connectivity index (χ1v) is 3.99. The molecule has 1 aromatic rings.